The Balaban J connectivity index is 2.28. The number of aromatic nitrogens is 2. The normalized spacial score (nSPS) is 20.0. The molecule has 1 heterocycles. The Bertz CT molecular complexity index is 384. The van der Waals surface area contributed by atoms with Crippen molar-refractivity contribution in [2.24, 2.45) is 5.73 Å². The first-order chi connectivity index (χ1) is 8.48. The maximum atomic E-state index is 5.98. The summed E-state index contributed by atoms with van der Waals surface area (Å²) in [6.45, 7) is 6.39. The first kappa shape index (κ1) is 13.5. The molecule has 0 spiro atoms. The molecule has 1 fully saturated rings. The van der Waals surface area contributed by atoms with Crippen LogP contribution in [0.15, 0.2) is 4.52 Å². The van der Waals surface area contributed by atoms with Gasteiger partial charge in [0.1, 0.15) is 5.60 Å². The summed E-state index contributed by atoms with van der Waals surface area (Å²) in [5.74, 6) is 1.14. The van der Waals surface area contributed by atoms with Crippen LogP contribution in [0.2, 0.25) is 0 Å². The number of ether oxygens (including phenoxy) is 1. The van der Waals surface area contributed by atoms with Crippen LogP contribution in [0.25, 0.3) is 0 Å². The maximum Gasteiger partial charge on any atom is 0.246 e. The zero-order valence-corrected chi connectivity index (χ0v) is 11.5. The molecule has 1 aromatic heterocycles. The average molecular weight is 253 g/mol. The summed E-state index contributed by atoms with van der Waals surface area (Å²) in [5.41, 5.74) is 5.01. The molecule has 2 rings (SSSR count). The van der Waals surface area contributed by atoms with Crippen molar-refractivity contribution in [1.29, 1.82) is 0 Å². The highest BCUT2D eigenvalue weighted by atomic mass is 16.5. The van der Waals surface area contributed by atoms with Gasteiger partial charge in [0, 0.05) is 6.61 Å². The van der Waals surface area contributed by atoms with Gasteiger partial charge in [0.15, 0.2) is 0 Å². The lowest BCUT2D eigenvalue weighted by Gasteiger charge is -2.34. The van der Waals surface area contributed by atoms with Crippen molar-refractivity contribution in [1.82, 2.24) is 10.1 Å². The molecule has 0 saturated heterocycles. The van der Waals surface area contributed by atoms with E-state index in [2.05, 4.69) is 10.1 Å². The summed E-state index contributed by atoms with van der Waals surface area (Å²) in [4.78, 5) is 4.47. The minimum absolute atomic E-state index is 0.361. The molecule has 1 aromatic rings. The predicted molar refractivity (Wildman–Crippen MR) is 67.9 cm³/mol. The van der Waals surface area contributed by atoms with Crippen LogP contribution in [0, 0.1) is 0 Å². The summed E-state index contributed by atoms with van der Waals surface area (Å²) in [6, 6.07) is 0. The van der Waals surface area contributed by atoms with Crippen LogP contribution < -0.4 is 5.73 Å². The van der Waals surface area contributed by atoms with Gasteiger partial charge in [-0.3, -0.25) is 0 Å². The fourth-order valence-electron chi connectivity index (χ4n) is 2.50. The third-order valence-corrected chi connectivity index (χ3v) is 3.47. The second-order valence-electron chi connectivity index (χ2n) is 5.63. The van der Waals surface area contributed by atoms with Crippen molar-refractivity contribution in [3.8, 4) is 0 Å². The van der Waals surface area contributed by atoms with E-state index in [1.54, 1.807) is 0 Å². The van der Waals surface area contributed by atoms with Crippen molar-refractivity contribution in [2.45, 2.75) is 64.0 Å². The fraction of sp³-hybridized carbons (Fsp3) is 0.846. The topological polar surface area (TPSA) is 74.2 Å². The summed E-state index contributed by atoms with van der Waals surface area (Å²) >= 11 is 0. The molecule has 5 heteroatoms. The van der Waals surface area contributed by atoms with Crippen molar-refractivity contribution < 1.29 is 9.26 Å². The lowest BCUT2D eigenvalue weighted by molar-refractivity contribution is -0.0777. The largest absolute Gasteiger partial charge is 0.367 e. The Morgan fingerprint density at radius 1 is 1.33 bits per heavy atom. The minimum Gasteiger partial charge on any atom is -0.367 e. The van der Waals surface area contributed by atoms with Crippen molar-refractivity contribution in [3.63, 3.8) is 0 Å². The van der Waals surface area contributed by atoms with Gasteiger partial charge in [-0.1, -0.05) is 24.4 Å². The van der Waals surface area contributed by atoms with Crippen LogP contribution in [-0.2, 0) is 15.9 Å². The molecule has 0 atom stereocenters. The molecule has 0 aliphatic heterocycles. The average Bonchev–Trinajstić information content (AvgIpc) is 2.80. The molecule has 1 saturated carbocycles. The predicted octanol–water partition coefficient (Wildman–Crippen LogP) is 2.46. The van der Waals surface area contributed by atoms with E-state index in [1.807, 2.05) is 20.8 Å². The molecule has 0 radical (unpaired) electrons. The van der Waals surface area contributed by atoms with Gasteiger partial charge in [-0.15, -0.1) is 0 Å². The maximum absolute atomic E-state index is 5.98. The molecule has 18 heavy (non-hydrogen) atoms. The first-order valence-corrected chi connectivity index (χ1v) is 6.75. The molecule has 5 nitrogen and oxygen atoms in total. The van der Waals surface area contributed by atoms with Crippen molar-refractivity contribution >= 4 is 0 Å². The zero-order valence-electron chi connectivity index (χ0n) is 11.5. The van der Waals surface area contributed by atoms with E-state index < -0.39 is 5.54 Å². The number of nitrogens with zero attached hydrogens (tertiary/aromatic N) is 2. The van der Waals surface area contributed by atoms with E-state index in [0.717, 1.165) is 25.7 Å². The Morgan fingerprint density at radius 3 is 2.50 bits per heavy atom. The third kappa shape index (κ3) is 2.57. The summed E-state index contributed by atoms with van der Waals surface area (Å²) in [5, 5.41) is 4.11. The molecule has 0 amide bonds. The van der Waals surface area contributed by atoms with Crippen LogP contribution >= 0.6 is 0 Å². The van der Waals surface area contributed by atoms with E-state index in [9.17, 15) is 0 Å². The lowest BCUT2D eigenvalue weighted by Crippen LogP contribution is -2.34. The SMILES string of the molecule is CCOC1(c2noc(C(C)(C)N)n2)CCCCC1. The third-order valence-electron chi connectivity index (χ3n) is 3.47. The molecular weight excluding hydrogens is 230 g/mol. The van der Waals surface area contributed by atoms with Gasteiger partial charge in [-0.25, -0.2) is 0 Å². The standard InChI is InChI=1S/C13H23N3O2/c1-4-17-13(8-6-5-7-9-13)10-15-11(18-16-10)12(2,3)14/h4-9,14H2,1-3H3. The molecule has 2 N–H and O–H groups in total. The minimum atomic E-state index is -0.604. The van der Waals surface area contributed by atoms with E-state index in [-0.39, 0.29) is 5.60 Å². The van der Waals surface area contributed by atoms with E-state index in [0.29, 0.717) is 18.3 Å². The molecule has 1 aliphatic carbocycles. The van der Waals surface area contributed by atoms with E-state index in [4.69, 9.17) is 15.0 Å². The Labute approximate surface area is 108 Å². The van der Waals surface area contributed by atoms with Gasteiger partial charge in [-0.05, 0) is 33.6 Å². The van der Waals surface area contributed by atoms with Gasteiger partial charge in [0.05, 0.1) is 5.54 Å². The number of rotatable bonds is 4. The summed E-state index contributed by atoms with van der Waals surface area (Å²) in [6.07, 6.45) is 5.48. The van der Waals surface area contributed by atoms with Crippen molar-refractivity contribution in [2.75, 3.05) is 6.61 Å². The van der Waals surface area contributed by atoms with Crippen molar-refractivity contribution in [3.05, 3.63) is 11.7 Å². The van der Waals surface area contributed by atoms with Gasteiger partial charge in [-0.2, -0.15) is 4.98 Å². The van der Waals surface area contributed by atoms with Crippen LogP contribution in [0.1, 0.15) is 64.6 Å². The Hall–Kier alpha value is -0.940. The molecule has 1 aliphatic rings. The number of hydrogen-bond donors (Lipinski definition) is 1. The van der Waals surface area contributed by atoms with Crippen LogP contribution in [-0.4, -0.2) is 16.7 Å². The van der Waals surface area contributed by atoms with E-state index >= 15 is 0 Å². The molecule has 0 aromatic carbocycles. The monoisotopic (exact) mass is 253 g/mol. The molecular formula is C13H23N3O2. The second-order valence-corrected chi connectivity index (χ2v) is 5.63. The smallest absolute Gasteiger partial charge is 0.246 e. The number of hydrogen-bond acceptors (Lipinski definition) is 5. The fourth-order valence-corrected chi connectivity index (χ4v) is 2.50. The summed E-state index contributed by atoms with van der Waals surface area (Å²) < 4.78 is 11.2. The van der Waals surface area contributed by atoms with Gasteiger partial charge >= 0.3 is 0 Å². The highest BCUT2D eigenvalue weighted by molar-refractivity contribution is 5.06. The molecule has 0 unspecified atom stereocenters. The lowest BCUT2D eigenvalue weighted by atomic mass is 9.84. The van der Waals surface area contributed by atoms with Gasteiger partial charge in [0.25, 0.3) is 0 Å². The Kier molecular flexibility index (Phi) is 3.73. The van der Waals surface area contributed by atoms with Crippen LogP contribution in [0.5, 0.6) is 0 Å². The van der Waals surface area contributed by atoms with Gasteiger partial charge in [0.2, 0.25) is 11.7 Å². The van der Waals surface area contributed by atoms with Crippen LogP contribution in [0.4, 0.5) is 0 Å². The van der Waals surface area contributed by atoms with Crippen LogP contribution in [0.3, 0.4) is 0 Å². The number of nitrogens with two attached hydrogens (primary N) is 1. The second kappa shape index (κ2) is 4.97. The molecule has 102 valence electrons. The highest BCUT2D eigenvalue weighted by Gasteiger charge is 2.40. The molecule has 0 bridgehead atoms. The zero-order chi connectivity index (χ0) is 13.2. The van der Waals surface area contributed by atoms with E-state index in [1.165, 1.54) is 6.42 Å². The van der Waals surface area contributed by atoms with Gasteiger partial charge < -0.3 is 15.0 Å². The highest BCUT2D eigenvalue weighted by Crippen LogP contribution is 2.39. The quantitative estimate of drug-likeness (QED) is 0.892. The first-order valence-electron chi connectivity index (χ1n) is 6.75. The summed E-state index contributed by atoms with van der Waals surface area (Å²) in [7, 11) is 0. The Morgan fingerprint density at radius 2 is 2.00 bits per heavy atom.